The van der Waals surface area contributed by atoms with Crippen molar-refractivity contribution in [3.05, 3.63) is 84.6 Å². The quantitative estimate of drug-likeness (QED) is 0.373. The Morgan fingerprint density at radius 3 is 2.41 bits per heavy atom. The molecule has 0 aliphatic rings. The van der Waals surface area contributed by atoms with Gasteiger partial charge in [-0.1, -0.05) is 36.4 Å². The summed E-state index contributed by atoms with van der Waals surface area (Å²) in [5.74, 6) is 0.264. The van der Waals surface area contributed by atoms with Crippen LogP contribution >= 0.6 is 0 Å². The summed E-state index contributed by atoms with van der Waals surface area (Å²) in [5.41, 5.74) is 3.63. The molecule has 4 aromatic rings. The summed E-state index contributed by atoms with van der Waals surface area (Å²) in [7, 11) is 1.35. The number of rotatable bonds is 4. The number of carbonyl (C=O) groups excluding carboxylic acids is 1. The van der Waals surface area contributed by atoms with Crippen molar-refractivity contribution in [1.82, 2.24) is 9.38 Å². The summed E-state index contributed by atoms with van der Waals surface area (Å²) in [6, 6.07) is 22.4. The van der Waals surface area contributed by atoms with Crippen molar-refractivity contribution in [1.29, 1.82) is 0 Å². The van der Waals surface area contributed by atoms with Crippen LogP contribution in [0.25, 0.3) is 16.9 Å². The molecule has 0 amide bonds. The number of benzene rings is 2. The van der Waals surface area contributed by atoms with E-state index in [4.69, 9.17) is 9.72 Å². The number of carbonyl (C=O) groups is 1. The SMILES string of the molecule is COC(=O)c1ccc(N=Nc2c(-c3ccccc3)nc3ccccn23)cc1. The van der Waals surface area contributed by atoms with Crippen molar-refractivity contribution in [3.8, 4) is 11.3 Å². The van der Waals surface area contributed by atoms with Crippen LogP contribution in [-0.2, 0) is 4.74 Å². The molecule has 0 N–H and O–H groups in total. The number of esters is 1. The number of methoxy groups -OCH3 is 1. The van der Waals surface area contributed by atoms with Gasteiger partial charge in [0.05, 0.1) is 18.4 Å². The van der Waals surface area contributed by atoms with Crippen molar-refractivity contribution in [3.63, 3.8) is 0 Å². The van der Waals surface area contributed by atoms with Crippen LogP contribution in [0.4, 0.5) is 11.5 Å². The standard InChI is InChI=1S/C21H16N4O2/c1-27-21(26)16-10-12-17(13-11-16)23-24-20-19(15-7-3-2-4-8-15)22-18-9-5-6-14-25(18)20/h2-14H,1H3. The number of aromatic nitrogens is 2. The van der Waals surface area contributed by atoms with Gasteiger partial charge in [0.15, 0.2) is 5.82 Å². The molecule has 4 rings (SSSR count). The van der Waals surface area contributed by atoms with Gasteiger partial charge < -0.3 is 4.74 Å². The lowest BCUT2D eigenvalue weighted by atomic mass is 10.1. The van der Waals surface area contributed by atoms with Crippen LogP contribution in [0, 0.1) is 0 Å². The fourth-order valence-corrected chi connectivity index (χ4v) is 2.76. The van der Waals surface area contributed by atoms with E-state index >= 15 is 0 Å². The van der Waals surface area contributed by atoms with E-state index in [9.17, 15) is 4.79 Å². The van der Waals surface area contributed by atoms with E-state index in [0.29, 0.717) is 17.1 Å². The van der Waals surface area contributed by atoms with Gasteiger partial charge in [0.2, 0.25) is 0 Å². The summed E-state index contributed by atoms with van der Waals surface area (Å²) in [6.07, 6.45) is 1.91. The largest absolute Gasteiger partial charge is 0.465 e. The number of azo groups is 1. The number of hydrogen-bond acceptors (Lipinski definition) is 5. The van der Waals surface area contributed by atoms with E-state index in [0.717, 1.165) is 16.9 Å². The first kappa shape index (κ1) is 16.7. The van der Waals surface area contributed by atoms with Crippen LogP contribution in [0.15, 0.2) is 89.2 Å². The third-order valence-corrected chi connectivity index (χ3v) is 4.10. The van der Waals surface area contributed by atoms with Crippen LogP contribution in [0.5, 0.6) is 0 Å². The van der Waals surface area contributed by atoms with E-state index in [1.165, 1.54) is 7.11 Å². The second kappa shape index (κ2) is 7.21. The fraction of sp³-hybridized carbons (Fsp3) is 0.0476. The van der Waals surface area contributed by atoms with Gasteiger partial charge in [-0.25, -0.2) is 9.78 Å². The highest BCUT2D eigenvalue weighted by atomic mass is 16.5. The van der Waals surface area contributed by atoms with E-state index < -0.39 is 0 Å². The van der Waals surface area contributed by atoms with Gasteiger partial charge in [0.25, 0.3) is 0 Å². The van der Waals surface area contributed by atoms with Gasteiger partial charge in [-0.2, -0.15) is 0 Å². The van der Waals surface area contributed by atoms with E-state index in [-0.39, 0.29) is 5.97 Å². The zero-order chi connectivity index (χ0) is 18.6. The third kappa shape index (κ3) is 3.32. The van der Waals surface area contributed by atoms with Crippen LogP contribution in [0.3, 0.4) is 0 Å². The molecule has 0 atom stereocenters. The fourth-order valence-electron chi connectivity index (χ4n) is 2.76. The first-order valence-corrected chi connectivity index (χ1v) is 8.39. The summed E-state index contributed by atoms with van der Waals surface area (Å²) < 4.78 is 6.60. The number of fused-ring (bicyclic) bond motifs is 1. The minimum absolute atomic E-state index is 0.383. The minimum atomic E-state index is -0.383. The molecule has 27 heavy (non-hydrogen) atoms. The topological polar surface area (TPSA) is 68.3 Å². The van der Waals surface area contributed by atoms with E-state index in [1.807, 2.05) is 59.1 Å². The number of nitrogens with zero attached hydrogens (tertiary/aromatic N) is 4. The van der Waals surface area contributed by atoms with Gasteiger partial charge in [0, 0.05) is 11.8 Å². The molecular weight excluding hydrogens is 340 g/mol. The lowest BCUT2D eigenvalue weighted by Crippen LogP contribution is -1.99. The van der Waals surface area contributed by atoms with Crippen LogP contribution in [-0.4, -0.2) is 22.5 Å². The molecule has 2 aromatic heterocycles. The molecule has 0 aliphatic carbocycles. The summed E-state index contributed by atoms with van der Waals surface area (Å²) in [5, 5.41) is 8.77. The molecule has 6 nitrogen and oxygen atoms in total. The smallest absolute Gasteiger partial charge is 0.337 e. The second-order valence-electron chi connectivity index (χ2n) is 5.82. The second-order valence-corrected chi connectivity index (χ2v) is 5.82. The number of imidazole rings is 1. The summed E-state index contributed by atoms with van der Waals surface area (Å²) >= 11 is 0. The summed E-state index contributed by atoms with van der Waals surface area (Å²) in [6.45, 7) is 0. The Kier molecular flexibility index (Phi) is 4.45. The Morgan fingerprint density at radius 1 is 0.926 bits per heavy atom. The Labute approximate surface area is 155 Å². The molecule has 0 unspecified atom stereocenters. The molecule has 0 radical (unpaired) electrons. The average molecular weight is 356 g/mol. The van der Waals surface area contributed by atoms with Crippen molar-refractivity contribution in [2.45, 2.75) is 0 Å². The number of ether oxygens (including phenoxy) is 1. The lowest BCUT2D eigenvalue weighted by molar-refractivity contribution is 0.0601. The maximum absolute atomic E-state index is 11.5. The molecule has 0 saturated carbocycles. The van der Waals surface area contributed by atoms with Crippen LogP contribution < -0.4 is 0 Å². The molecule has 2 aromatic carbocycles. The highest BCUT2D eigenvalue weighted by molar-refractivity contribution is 5.89. The van der Waals surface area contributed by atoms with Gasteiger partial charge in [-0.05, 0) is 36.4 Å². The zero-order valence-electron chi connectivity index (χ0n) is 14.6. The summed E-state index contributed by atoms with van der Waals surface area (Å²) in [4.78, 5) is 16.2. The Hall–Kier alpha value is -3.80. The molecule has 132 valence electrons. The molecule has 6 heteroatoms. The highest BCUT2D eigenvalue weighted by Crippen LogP contribution is 2.32. The number of hydrogen-bond donors (Lipinski definition) is 0. The zero-order valence-corrected chi connectivity index (χ0v) is 14.6. The Bertz CT molecular complexity index is 1120. The predicted octanol–water partition coefficient (Wildman–Crippen LogP) is 5.20. The molecule has 0 aliphatic heterocycles. The molecule has 0 fully saturated rings. The first-order valence-electron chi connectivity index (χ1n) is 8.39. The van der Waals surface area contributed by atoms with Crippen LogP contribution in [0.1, 0.15) is 10.4 Å². The van der Waals surface area contributed by atoms with E-state index in [1.54, 1.807) is 24.3 Å². The monoisotopic (exact) mass is 356 g/mol. The molecule has 0 bridgehead atoms. The Morgan fingerprint density at radius 2 is 1.67 bits per heavy atom. The first-order chi connectivity index (χ1) is 13.3. The predicted molar refractivity (Wildman–Crippen MR) is 103 cm³/mol. The number of pyridine rings is 1. The van der Waals surface area contributed by atoms with Crippen molar-refractivity contribution >= 4 is 23.1 Å². The van der Waals surface area contributed by atoms with Gasteiger partial charge in [-0.15, -0.1) is 10.2 Å². The molecule has 2 heterocycles. The third-order valence-electron chi connectivity index (χ3n) is 4.10. The molecule has 0 saturated heterocycles. The minimum Gasteiger partial charge on any atom is -0.465 e. The molecule has 0 spiro atoms. The lowest BCUT2D eigenvalue weighted by Gasteiger charge is -2.00. The van der Waals surface area contributed by atoms with Crippen molar-refractivity contribution < 1.29 is 9.53 Å². The van der Waals surface area contributed by atoms with Crippen molar-refractivity contribution in [2.75, 3.05) is 7.11 Å². The highest BCUT2D eigenvalue weighted by Gasteiger charge is 2.13. The molecular formula is C21H16N4O2. The van der Waals surface area contributed by atoms with Crippen LogP contribution in [0.2, 0.25) is 0 Å². The Balaban J connectivity index is 1.75. The van der Waals surface area contributed by atoms with E-state index in [2.05, 4.69) is 10.2 Å². The maximum atomic E-state index is 11.5. The van der Waals surface area contributed by atoms with Gasteiger partial charge >= 0.3 is 5.97 Å². The van der Waals surface area contributed by atoms with Crippen molar-refractivity contribution in [2.24, 2.45) is 10.2 Å². The average Bonchev–Trinajstić information content (AvgIpc) is 3.11. The maximum Gasteiger partial charge on any atom is 0.337 e. The normalized spacial score (nSPS) is 11.1. The van der Waals surface area contributed by atoms with Gasteiger partial charge in [0.1, 0.15) is 11.3 Å². The van der Waals surface area contributed by atoms with Gasteiger partial charge in [-0.3, -0.25) is 4.40 Å².